The maximum absolute atomic E-state index is 11.3. The summed E-state index contributed by atoms with van der Waals surface area (Å²) in [5, 5.41) is 19.5. The summed E-state index contributed by atoms with van der Waals surface area (Å²) in [5.41, 5.74) is 0.499. The number of carboxylic acid groups (broad SMARTS) is 1. The summed E-state index contributed by atoms with van der Waals surface area (Å²) < 4.78 is 15.8. The molecule has 0 atom stereocenters. The Labute approximate surface area is 151 Å². The summed E-state index contributed by atoms with van der Waals surface area (Å²) in [4.78, 5) is 11.1. The third-order valence-electron chi connectivity index (χ3n) is 3.01. The minimum absolute atomic E-state index is 0.0269. The van der Waals surface area contributed by atoms with E-state index in [2.05, 4.69) is 10.2 Å². The van der Waals surface area contributed by atoms with Gasteiger partial charge in [-0.25, -0.2) is 0 Å². The zero-order chi connectivity index (χ0) is 17.8. The molecular formula is C16H10ClN2O5S-. The highest BCUT2D eigenvalue weighted by Crippen LogP contribution is 2.34. The van der Waals surface area contributed by atoms with Crippen LogP contribution in [-0.2, 0) is 4.79 Å². The van der Waals surface area contributed by atoms with Crippen molar-refractivity contribution in [2.24, 2.45) is 0 Å². The molecule has 0 saturated heterocycles. The Morgan fingerprint density at radius 1 is 1.36 bits per heavy atom. The molecule has 9 heteroatoms. The Morgan fingerprint density at radius 3 is 2.88 bits per heavy atom. The number of aliphatic carboxylic acids is 1. The molecule has 128 valence electrons. The Kier molecular flexibility index (Phi) is 5.11. The first-order valence-corrected chi connectivity index (χ1v) is 8.08. The highest BCUT2D eigenvalue weighted by Gasteiger charge is 2.16. The Hall–Kier alpha value is -2.71. The normalized spacial score (nSPS) is 11.5. The zero-order valence-electron chi connectivity index (χ0n) is 12.8. The van der Waals surface area contributed by atoms with Crippen LogP contribution in [-0.4, -0.2) is 23.3 Å². The van der Waals surface area contributed by atoms with Gasteiger partial charge in [0.1, 0.15) is 11.5 Å². The first-order valence-electron chi connectivity index (χ1n) is 6.88. The number of rotatable bonds is 6. The second kappa shape index (κ2) is 7.45. The lowest BCUT2D eigenvalue weighted by molar-refractivity contribution is -0.298. The summed E-state index contributed by atoms with van der Waals surface area (Å²) in [6.07, 6.45) is 2.74. The molecule has 3 aromatic rings. The second-order valence-corrected chi connectivity index (χ2v) is 6.06. The smallest absolute Gasteiger partial charge is 0.281 e. The number of carbonyl (C=O) groups excluding carboxylic acids is 1. The minimum Gasteiger partial charge on any atom is -0.544 e. The molecule has 25 heavy (non-hydrogen) atoms. The number of carbonyl (C=O) groups is 1. The monoisotopic (exact) mass is 377 g/mol. The van der Waals surface area contributed by atoms with Crippen LogP contribution in [0.3, 0.4) is 0 Å². The molecule has 0 saturated carbocycles. The molecular weight excluding hydrogens is 368 g/mol. The average molecular weight is 378 g/mol. The van der Waals surface area contributed by atoms with Gasteiger partial charge in [-0.15, -0.1) is 10.2 Å². The lowest BCUT2D eigenvalue weighted by atomic mass is 10.2. The van der Waals surface area contributed by atoms with Crippen molar-refractivity contribution in [3.8, 4) is 17.2 Å². The number of hydrogen-bond acceptors (Lipinski definition) is 8. The quantitative estimate of drug-likeness (QED) is 0.477. The summed E-state index contributed by atoms with van der Waals surface area (Å²) in [5.74, 6) is -0.377. The van der Waals surface area contributed by atoms with Gasteiger partial charge in [0.15, 0.2) is 0 Å². The third-order valence-corrected chi connectivity index (χ3v) is 4.09. The van der Waals surface area contributed by atoms with Crippen molar-refractivity contribution in [2.75, 3.05) is 7.11 Å². The van der Waals surface area contributed by atoms with Crippen LogP contribution in [0.2, 0.25) is 5.02 Å². The van der Waals surface area contributed by atoms with Gasteiger partial charge in [-0.3, -0.25) is 0 Å². The van der Waals surface area contributed by atoms with Gasteiger partial charge in [-0.2, -0.15) is 0 Å². The molecule has 0 bridgehead atoms. The van der Waals surface area contributed by atoms with Crippen molar-refractivity contribution in [1.29, 1.82) is 0 Å². The van der Waals surface area contributed by atoms with Gasteiger partial charge in [0.25, 0.3) is 11.1 Å². The van der Waals surface area contributed by atoms with Gasteiger partial charge in [-0.1, -0.05) is 11.6 Å². The van der Waals surface area contributed by atoms with Crippen molar-refractivity contribution in [3.63, 3.8) is 0 Å². The molecule has 0 aliphatic rings. The minimum atomic E-state index is -1.39. The SMILES string of the molecule is COc1ccc(Cl)cc1-c1nnc(S/C(=C\c2ccco2)C(=O)[O-])o1. The van der Waals surface area contributed by atoms with Crippen molar-refractivity contribution >= 4 is 35.4 Å². The Bertz CT molecular complexity index is 921. The summed E-state index contributed by atoms with van der Waals surface area (Å²) >= 11 is 6.73. The Morgan fingerprint density at radius 2 is 2.20 bits per heavy atom. The molecule has 2 heterocycles. The average Bonchev–Trinajstić information content (AvgIpc) is 3.26. The highest BCUT2D eigenvalue weighted by atomic mass is 35.5. The summed E-state index contributed by atoms with van der Waals surface area (Å²) in [6.45, 7) is 0. The molecule has 0 N–H and O–H groups in total. The summed E-state index contributed by atoms with van der Waals surface area (Å²) in [6, 6.07) is 8.19. The molecule has 7 nitrogen and oxygen atoms in total. The number of nitrogens with zero attached hydrogens (tertiary/aromatic N) is 2. The molecule has 0 aliphatic carbocycles. The number of ether oxygens (including phenoxy) is 1. The van der Waals surface area contributed by atoms with Crippen molar-refractivity contribution in [2.45, 2.75) is 5.22 Å². The lowest BCUT2D eigenvalue weighted by Gasteiger charge is -2.05. The molecule has 0 aliphatic heterocycles. The van der Waals surface area contributed by atoms with Crippen LogP contribution in [0.4, 0.5) is 0 Å². The van der Waals surface area contributed by atoms with E-state index >= 15 is 0 Å². The standard InChI is InChI=1S/C16H11ClN2O5S/c1-22-12-5-4-9(17)7-11(12)14-18-19-16(24-14)25-13(15(20)21)8-10-3-2-6-23-10/h2-8H,1H3,(H,20,21)/p-1/b13-8-. The fourth-order valence-corrected chi connectivity index (χ4v) is 2.75. The van der Waals surface area contributed by atoms with E-state index in [1.54, 1.807) is 30.3 Å². The van der Waals surface area contributed by atoms with Crippen LogP contribution in [0, 0.1) is 0 Å². The molecule has 0 spiro atoms. The molecule has 0 unspecified atom stereocenters. The van der Waals surface area contributed by atoms with Crippen LogP contribution in [0.1, 0.15) is 5.76 Å². The largest absolute Gasteiger partial charge is 0.544 e. The van der Waals surface area contributed by atoms with E-state index < -0.39 is 5.97 Å². The van der Waals surface area contributed by atoms with Crippen LogP contribution in [0.25, 0.3) is 17.5 Å². The van der Waals surface area contributed by atoms with Gasteiger partial charge in [0, 0.05) is 9.93 Å². The van der Waals surface area contributed by atoms with Gasteiger partial charge in [0.05, 0.1) is 24.9 Å². The van der Waals surface area contributed by atoms with E-state index in [1.165, 1.54) is 19.4 Å². The van der Waals surface area contributed by atoms with Gasteiger partial charge >= 0.3 is 0 Å². The second-order valence-electron chi connectivity index (χ2n) is 4.63. The number of aromatic nitrogens is 2. The van der Waals surface area contributed by atoms with E-state index in [1.807, 2.05) is 0 Å². The van der Waals surface area contributed by atoms with E-state index in [-0.39, 0.29) is 16.0 Å². The van der Waals surface area contributed by atoms with Crippen molar-refractivity contribution in [1.82, 2.24) is 10.2 Å². The predicted molar refractivity (Wildman–Crippen MR) is 88.8 cm³/mol. The lowest BCUT2D eigenvalue weighted by Crippen LogP contribution is -2.22. The first kappa shape index (κ1) is 17.1. The van der Waals surface area contributed by atoms with Gasteiger partial charge in [-0.05, 0) is 48.2 Å². The number of furan rings is 1. The summed E-state index contributed by atoms with van der Waals surface area (Å²) in [7, 11) is 1.50. The van der Waals surface area contributed by atoms with Crippen molar-refractivity contribution in [3.05, 3.63) is 52.3 Å². The topological polar surface area (TPSA) is 101 Å². The molecule has 1 aromatic carbocycles. The fourth-order valence-electron chi connectivity index (χ4n) is 1.93. The first-order chi connectivity index (χ1) is 12.1. The highest BCUT2D eigenvalue weighted by molar-refractivity contribution is 8.03. The fraction of sp³-hybridized carbons (Fsp3) is 0.0625. The molecule has 0 amide bonds. The molecule has 2 aromatic heterocycles. The molecule has 0 radical (unpaired) electrons. The number of methoxy groups -OCH3 is 1. The number of hydrogen-bond donors (Lipinski definition) is 0. The van der Waals surface area contributed by atoms with Crippen LogP contribution < -0.4 is 9.84 Å². The van der Waals surface area contributed by atoms with Crippen molar-refractivity contribution < 1.29 is 23.5 Å². The van der Waals surface area contributed by atoms with Crippen LogP contribution in [0.15, 0.2) is 55.6 Å². The maximum atomic E-state index is 11.3. The van der Waals surface area contributed by atoms with Crippen LogP contribution >= 0.6 is 23.4 Å². The Balaban J connectivity index is 1.89. The number of benzene rings is 1. The number of halogens is 1. The van der Waals surface area contributed by atoms with Gasteiger partial charge < -0.3 is 23.5 Å². The zero-order valence-corrected chi connectivity index (χ0v) is 14.3. The number of thioether (sulfide) groups is 1. The number of carboxylic acids is 1. The van der Waals surface area contributed by atoms with E-state index in [0.717, 1.165) is 11.8 Å². The molecule has 0 fully saturated rings. The van der Waals surface area contributed by atoms with E-state index in [4.69, 9.17) is 25.2 Å². The maximum Gasteiger partial charge on any atom is 0.281 e. The van der Waals surface area contributed by atoms with Gasteiger partial charge in [0.2, 0.25) is 0 Å². The van der Waals surface area contributed by atoms with Crippen LogP contribution in [0.5, 0.6) is 5.75 Å². The van der Waals surface area contributed by atoms with E-state index in [9.17, 15) is 9.90 Å². The predicted octanol–water partition coefficient (Wildman–Crippen LogP) is 2.87. The third kappa shape index (κ3) is 4.04. The molecule has 3 rings (SSSR count). The van der Waals surface area contributed by atoms with E-state index in [0.29, 0.717) is 22.1 Å².